The van der Waals surface area contributed by atoms with Gasteiger partial charge in [0, 0.05) is 0 Å². The van der Waals surface area contributed by atoms with Crippen LogP contribution in [0.3, 0.4) is 0 Å². The van der Waals surface area contributed by atoms with Gasteiger partial charge in [0.15, 0.2) is 0 Å². The standard InChI is InChI=1S/C17H19F2N/c1-10-5-13(9-14(18)6-10)17(20-4)16-11(2)7-15(19)8-12(16)3/h5-9,17,20H,1-4H3. The molecule has 1 atom stereocenters. The second-order valence-electron chi connectivity index (χ2n) is 5.24. The molecule has 0 spiro atoms. The van der Waals surface area contributed by atoms with Crippen molar-refractivity contribution in [2.45, 2.75) is 26.8 Å². The first-order chi connectivity index (χ1) is 9.42. The summed E-state index contributed by atoms with van der Waals surface area (Å²) in [5.74, 6) is -0.494. The van der Waals surface area contributed by atoms with Crippen molar-refractivity contribution in [2.24, 2.45) is 0 Å². The van der Waals surface area contributed by atoms with Crippen LogP contribution >= 0.6 is 0 Å². The van der Waals surface area contributed by atoms with E-state index in [-0.39, 0.29) is 17.7 Å². The molecule has 20 heavy (non-hydrogen) atoms. The van der Waals surface area contributed by atoms with Gasteiger partial charge in [-0.2, -0.15) is 0 Å². The van der Waals surface area contributed by atoms with E-state index in [0.29, 0.717) is 0 Å². The van der Waals surface area contributed by atoms with Crippen LogP contribution in [-0.4, -0.2) is 7.05 Å². The van der Waals surface area contributed by atoms with Gasteiger partial charge in [-0.25, -0.2) is 8.78 Å². The molecule has 0 saturated heterocycles. The van der Waals surface area contributed by atoms with Crippen LogP contribution in [0.5, 0.6) is 0 Å². The highest BCUT2D eigenvalue weighted by Gasteiger charge is 2.18. The van der Waals surface area contributed by atoms with Gasteiger partial charge in [0.05, 0.1) is 6.04 Å². The van der Waals surface area contributed by atoms with Crippen molar-refractivity contribution in [3.05, 3.63) is 69.8 Å². The highest BCUT2D eigenvalue weighted by molar-refractivity contribution is 5.43. The lowest BCUT2D eigenvalue weighted by Gasteiger charge is -2.22. The minimum atomic E-state index is -0.252. The maximum atomic E-state index is 13.6. The van der Waals surface area contributed by atoms with E-state index in [1.165, 1.54) is 24.3 Å². The quantitative estimate of drug-likeness (QED) is 0.885. The highest BCUT2D eigenvalue weighted by atomic mass is 19.1. The van der Waals surface area contributed by atoms with Gasteiger partial charge >= 0.3 is 0 Å². The Kier molecular flexibility index (Phi) is 4.19. The zero-order valence-corrected chi connectivity index (χ0v) is 12.2. The van der Waals surface area contributed by atoms with Gasteiger partial charge in [-0.3, -0.25) is 0 Å². The van der Waals surface area contributed by atoms with Crippen molar-refractivity contribution in [3.8, 4) is 0 Å². The topological polar surface area (TPSA) is 12.0 Å². The predicted molar refractivity (Wildman–Crippen MR) is 77.9 cm³/mol. The lowest BCUT2D eigenvalue weighted by atomic mass is 9.90. The van der Waals surface area contributed by atoms with Crippen molar-refractivity contribution in [1.29, 1.82) is 0 Å². The van der Waals surface area contributed by atoms with E-state index in [1.54, 1.807) is 0 Å². The summed E-state index contributed by atoms with van der Waals surface area (Å²) in [6.07, 6.45) is 0. The molecule has 0 aromatic heterocycles. The Morgan fingerprint density at radius 2 is 1.40 bits per heavy atom. The number of hydrogen-bond acceptors (Lipinski definition) is 1. The summed E-state index contributed by atoms with van der Waals surface area (Å²) in [6.45, 7) is 5.62. The van der Waals surface area contributed by atoms with Gasteiger partial charge in [-0.05, 0) is 79.9 Å². The van der Waals surface area contributed by atoms with Crippen LogP contribution in [0.2, 0.25) is 0 Å². The van der Waals surface area contributed by atoms with Gasteiger partial charge < -0.3 is 5.32 Å². The Balaban J connectivity index is 2.58. The Bertz CT molecular complexity index is 592. The lowest BCUT2D eigenvalue weighted by Crippen LogP contribution is -2.20. The molecule has 0 aliphatic rings. The molecule has 0 radical (unpaired) electrons. The van der Waals surface area contributed by atoms with Gasteiger partial charge in [-0.15, -0.1) is 0 Å². The Morgan fingerprint density at radius 3 is 1.90 bits per heavy atom. The molecule has 0 heterocycles. The predicted octanol–water partition coefficient (Wildman–Crippen LogP) is 4.20. The normalized spacial score (nSPS) is 12.5. The van der Waals surface area contributed by atoms with E-state index in [1.807, 2.05) is 33.9 Å². The zero-order valence-electron chi connectivity index (χ0n) is 12.2. The van der Waals surface area contributed by atoms with E-state index in [0.717, 1.165) is 27.8 Å². The molecular weight excluding hydrogens is 256 g/mol. The van der Waals surface area contributed by atoms with Crippen molar-refractivity contribution < 1.29 is 8.78 Å². The van der Waals surface area contributed by atoms with Crippen LogP contribution < -0.4 is 5.32 Å². The first-order valence-electron chi connectivity index (χ1n) is 6.63. The summed E-state index contributed by atoms with van der Waals surface area (Å²) in [4.78, 5) is 0. The highest BCUT2D eigenvalue weighted by Crippen LogP contribution is 2.29. The molecule has 0 aliphatic carbocycles. The van der Waals surface area contributed by atoms with E-state index in [4.69, 9.17) is 0 Å². The molecule has 3 heteroatoms. The van der Waals surface area contributed by atoms with Crippen LogP contribution in [0.25, 0.3) is 0 Å². The minimum Gasteiger partial charge on any atom is -0.309 e. The molecule has 2 aromatic carbocycles. The molecule has 0 aliphatic heterocycles. The first kappa shape index (κ1) is 14.7. The monoisotopic (exact) mass is 275 g/mol. The molecule has 2 aromatic rings. The maximum absolute atomic E-state index is 13.6. The van der Waals surface area contributed by atoms with E-state index in [9.17, 15) is 8.78 Å². The minimum absolute atomic E-state index is 0.148. The fourth-order valence-electron chi connectivity index (χ4n) is 2.79. The van der Waals surface area contributed by atoms with Crippen molar-refractivity contribution in [2.75, 3.05) is 7.05 Å². The molecular formula is C17H19F2N. The smallest absolute Gasteiger partial charge is 0.123 e. The van der Waals surface area contributed by atoms with Crippen molar-refractivity contribution >= 4 is 0 Å². The van der Waals surface area contributed by atoms with Crippen molar-refractivity contribution in [3.63, 3.8) is 0 Å². The molecule has 1 nitrogen and oxygen atoms in total. The molecule has 1 unspecified atom stereocenters. The molecule has 1 N–H and O–H groups in total. The molecule has 0 bridgehead atoms. The van der Waals surface area contributed by atoms with Gasteiger partial charge in [0.25, 0.3) is 0 Å². The summed E-state index contributed by atoms with van der Waals surface area (Å²) >= 11 is 0. The average molecular weight is 275 g/mol. The molecule has 2 rings (SSSR count). The van der Waals surface area contributed by atoms with Crippen LogP contribution in [0.4, 0.5) is 8.78 Å². The number of rotatable bonds is 3. The number of nitrogens with one attached hydrogen (secondary N) is 1. The van der Waals surface area contributed by atoms with Crippen LogP contribution in [-0.2, 0) is 0 Å². The first-order valence-corrected chi connectivity index (χ1v) is 6.63. The summed E-state index contributed by atoms with van der Waals surface area (Å²) in [7, 11) is 1.83. The second-order valence-corrected chi connectivity index (χ2v) is 5.24. The molecule has 0 saturated carbocycles. The fraction of sp³-hybridized carbons (Fsp3) is 0.294. The van der Waals surface area contributed by atoms with E-state index in [2.05, 4.69) is 5.32 Å². The number of halogens is 2. The molecule has 0 amide bonds. The second kappa shape index (κ2) is 5.71. The SMILES string of the molecule is CNC(c1cc(C)cc(F)c1)c1c(C)cc(F)cc1C. The summed E-state index contributed by atoms with van der Waals surface area (Å²) in [5.41, 5.74) is 4.45. The van der Waals surface area contributed by atoms with Gasteiger partial charge in [-0.1, -0.05) is 6.07 Å². The maximum Gasteiger partial charge on any atom is 0.123 e. The third-order valence-electron chi connectivity index (χ3n) is 3.53. The van der Waals surface area contributed by atoms with Crippen LogP contribution in [0, 0.1) is 32.4 Å². The fourth-order valence-corrected chi connectivity index (χ4v) is 2.79. The van der Waals surface area contributed by atoms with Crippen LogP contribution in [0.15, 0.2) is 30.3 Å². The van der Waals surface area contributed by atoms with E-state index < -0.39 is 0 Å². The third kappa shape index (κ3) is 2.88. The Labute approximate surface area is 118 Å². The third-order valence-corrected chi connectivity index (χ3v) is 3.53. The molecule has 0 fully saturated rings. The number of benzene rings is 2. The summed E-state index contributed by atoms with van der Waals surface area (Å²) < 4.78 is 27.0. The van der Waals surface area contributed by atoms with Crippen LogP contribution in [0.1, 0.15) is 33.9 Å². The van der Waals surface area contributed by atoms with E-state index >= 15 is 0 Å². The Morgan fingerprint density at radius 1 is 0.850 bits per heavy atom. The largest absolute Gasteiger partial charge is 0.309 e. The number of hydrogen-bond donors (Lipinski definition) is 1. The average Bonchev–Trinajstić information content (AvgIpc) is 2.32. The number of aryl methyl sites for hydroxylation is 3. The Hall–Kier alpha value is -1.74. The lowest BCUT2D eigenvalue weighted by molar-refractivity contribution is 0.608. The molecule has 106 valence electrons. The summed E-state index contributed by atoms with van der Waals surface area (Å²) in [5, 5.41) is 3.20. The van der Waals surface area contributed by atoms with Gasteiger partial charge in [0.2, 0.25) is 0 Å². The van der Waals surface area contributed by atoms with Gasteiger partial charge in [0.1, 0.15) is 11.6 Å². The zero-order chi connectivity index (χ0) is 14.9. The summed E-state index contributed by atoms with van der Waals surface area (Å²) in [6, 6.07) is 7.85. The van der Waals surface area contributed by atoms with Crippen molar-refractivity contribution in [1.82, 2.24) is 5.32 Å².